The first kappa shape index (κ1) is 15.3. The first-order valence-electron chi connectivity index (χ1n) is 7.27. The molecule has 0 bridgehead atoms. The largest absolute Gasteiger partial charge is 0.255 e. The number of benzene rings is 1. The zero-order valence-electron chi connectivity index (χ0n) is 12.7. The van der Waals surface area contributed by atoms with Gasteiger partial charge in [0.1, 0.15) is 11.1 Å². The second-order valence-corrected chi connectivity index (χ2v) is 6.12. The zero-order chi connectivity index (χ0) is 16.1. The summed E-state index contributed by atoms with van der Waals surface area (Å²) in [5.74, 6) is 0.787. The summed E-state index contributed by atoms with van der Waals surface area (Å²) in [6.45, 7) is 2.08. The summed E-state index contributed by atoms with van der Waals surface area (Å²) in [5.41, 5.74) is 4.66. The molecule has 2 heterocycles. The van der Waals surface area contributed by atoms with Gasteiger partial charge in [-0.05, 0) is 36.8 Å². The quantitative estimate of drug-likeness (QED) is 0.659. The molecular weight excluding hydrogens is 302 g/mol. The number of hydrogen-bond acceptors (Lipinski definition) is 4. The molecule has 2 aromatic heterocycles. The number of aromatic nitrogens is 2. The maximum atomic E-state index is 9.30. The van der Waals surface area contributed by atoms with E-state index in [4.69, 9.17) is 0 Å². The van der Waals surface area contributed by atoms with E-state index in [1.54, 1.807) is 18.0 Å². The highest BCUT2D eigenvalue weighted by Gasteiger charge is 2.09. The molecule has 4 heteroatoms. The van der Waals surface area contributed by atoms with E-state index in [2.05, 4.69) is 41.2 Å². The topological polar surface area (TPSA) is 49.6 Å². The Hall–Kier alpha value is -2.64. The lowest BCUT2D eigenvalue weighted by molar-refractivity contribution is 1.10. The van der Waals surface area contributed by atoms with Crippen LogP contribution in [-0.2, 0) is 5.75 Å². The molecule has 0 radical (unpaired) electrons. The van der Waals surface area contributed by atoms with Gasteiger partial charge in [0.15, 0.2) is 0 Å². The fourth-order valence-electron chi connectivity index (χ4n) is 2.25. The van der Waals surface area contributed by atoms with E-state index in [1.165, 1.54) is 11.1 Å². The second kappa shape index (κ2) is 7.08. The minimum Gasteiger partial charge on any atom is -0.255 e. The van der Waals surface area contributed by atoms with Gasteiger partial charge in [-0.1, -0.05) is 35.9 Å². The molecule has 1 aromatic carbocycles. The molecule has 0 fully saturated rings. The molecule has 112 valence electrons. The Morgan fingerprint density at radius 1 is 1.04 bits per heavy atom. The number of rotatable bonds is 4. The van der Waals surface area contributed by atoms with Crippen molar-refractivity contribution in [3.63, 3.8) is 0 Å². The van der Waals surface area contributed by atoms with E-state index in [9.17, 15) is 5.26 Å². The van der Waals surface area contributed by atoms with Gasteiger partial charge in [0.25, 0.3) is 0 Å². The fourth-order valence-corrected chi connectivity index (χ4v) is 3.16. The number of hydrogen-bond donors (Lipinski definition) is 0. The van der Waals surface area contributed by atoms with Crippen LogP contribution in [0.5, 0.6) is 0 Å². The van der Waals surface area contributed by atoms with E-state index in [1.807, 2.05) is 36.4 Å². The standard InChI is InChI=1S/C19H15N3S/c1-14-5-4-6-15(11-14)13-23-19-16(12-20)8-9-18(22-19)17-7-2-3-10-21-17/h2-11H,13H2,1H3. The van der Waals surface area contributed by atoms with Crippen LogP contribution in [-0.4, -0.2) is 9.97 Å². The molecule has 0 aliphatic rings. The van der Waals surface area contributed by atoms with Crippen molar-refractivity contribution in [2.45, 2.75) is 17.7 Å². The molecule has 0 amide bonds. The minimum atomic E-state index is 0.599. The zero-order valence-corrected chi connectivity index (χ0v) is 13.5. The molecule has 0 aliphatic carbocycles. The van der Waals surface area contributed by atoms with Crippen molar-refractivity contribution in [3.05, 3.63) is 77.5 Å². The van der Waals surface area contributed by atoms with E-state index >= 15 is 0 Å². The van der Waals surface area contributed by atoms with Crippen LogP contribution in [0.25, 0.3) is 11.4 Å². The molecule has 0 spiro atoms. The third-order valence-corrected chi connectivity index (χ3v) is 4.43. The van der Waals surface area contributed by atoms with Crippen LogP contribution in [0.15, 0.2) is 65.8 Å². The highest BCUT2D eigenvalue weighted by atomic mass is 32.2. The number of aryl methyl sites for hydroxylation is 1. The summed E-state index contributed by atoms with van der Waals surface area (Å²) in [6.07, 6.45) is 1.74. The van der Waals surface area contributed by atoms with Crippen molar-refractivity contribution in [2.75, 3.05) is 0 Å². The van der Waals surface area contributed by atoms with Crippen molar-refractivity contribution in [3.8, 4) is 17.5 Å². The van der Waals surface area contributed by atoms with Crippen molar-refractivity contribution in [1.29, 1.82) is 5.26 Å². The van der Waals surface area contributed by atoms with Crippen LogP contribution in [0.1, 0.15) is 16.7 Å². The SMILES string of the molecule is Cc1cccc(CSc2nc(-c3ccccn3)ccc2C#N)c1. The average molecular weight is 317 g/mol. The molecule has 0 N–H and O–H groups in total. The molecule has 3 aromatic rings. The smallest absolute Gasteiger partial charge is 0.115 e. The van der Waals surface area contributed by atoms with Gasteiger partial charge >= 0.3 is 0 Å². The predicted molar refractivity (Wildman–Crippen MR) is 92.9 cm³/mol. The van der Waals surface area contributed by atoms with Crippen LogP contribution >= 0.6 is 11.8 Å². The molecular formula is C19H15N3S. The van der Waals surface area contributed by atoms with Gasteiger partial charge in [0.05, 0.1) is 17.0 Å². The first-order valence-corrected chi connectivity index (χ1v) is 8.26. The Balaban J connectivity index is 1.87. The van der Waals surface area contributed by atoms with Crippen LogP contribution < -0.4 is 0 Å². The second-order valence-electron chi connectivity index (χ2n) is 5.15. The highest BCUT2D eigenvalue weighted by molar-refractivity contribution is 7.98. The third-order valence-electron chi connectivity index (χ3n) is 3.37. The van der Waals surface area contributed by atoms with Crippen molar-refractivity contribution in [2.24, 2.45) is 0 Å². The van der Waals surface area contributed by atoms with Gasteiger partial charge in [-0.3, -0.25) is 4.98 Å². The lowest BCUT2D eigenvalue weighted by atomic mass is 10.2. The first-order chi connectivity index (χ1) is 11.3. The van der Waals surface area contributed by atoms with Crippen molar-refractivity contribution >= 4 is 11.8 Å². The molecule has 3 rings (SSSR count). The molecule has 0 unspecified atom stereocenters. The monoisotopic (exact) mass is 317 g/mol. The maximum Gasteiger partial charge on any atom is 0.115 e. The number of pyridine rings is 2. The predicted octanol–water partition coefficient (Wildman–Crippen LogP) is 4.62. The third kappa shape index (κ3) is 3.77. The van der Waals surface area contributed by atoms with Gasteiger partial charge in [0, 0.05) is 11.9 Å². The van der Waals surface area contributed by atoms with Crippen LogP contribution in [0.3, 0.4) is 0 Å². The Labute approximate surface area is 140 Å². The van der Waals surface area contributed by atoms with Gasteiger partial charge in [-0.2, -0.15) is 5.26 Å². The summed E-state index contributed by atoms with van der Waals surface area (Å²) >= 11 is 1.58. The van der Waals surface area contributed by atoms with E-state index < -0.39 is 0 Å². The van der Waals surface area contributed by atoms with Crippen LogP contribution in [0.4, 0.5) is 0 Å². The van der Waals surface area contributed by atoms with Gasteiger partial charge in [-0.25, -0.2) is 4.98 Å². The molecule has 23 heavy (non-hydrogen) atoms. The Morgan fingerprint density at radius 2 is 1.96 bits per heavy atom. The summed E-state index contributed by atoms with van der Waals surface area (Å²) < 4.78 is 0. The molecule has 0 aliphatic heterocycles. The summed E-state index contributed by atoms with van der Waals surface area (Å²) in [7, 11) is 0. The van der Waals surface area contributed by atoms with E-state index in [0.29, 0.717) is 5.56 Å². The minimum absolute atomic E-state index is 0.599. The van der Waals surface area contributed by atoms with E-state index in [0.717, 1.165) is 22.2 Å². The normalized spacial score (nSPS) is 10.3. The Morgan fingerprint density at radius 3 is 2.70 bits per heavy atom. The highest BCUT2D eigenvalue weighted by Crippen LogP contribution is 2.27. The number of nitriles is 1. The van der Waals surface area contributed by atoms with Gasteiger partial charge in [0.2, 0.25) is 0 Å². The number of nitrogens with zero attached hydrogens (tertiary/aromatic N) is 3. The van der Waals surface area contributed by atoms with Crippen LogP contribution in [0.2, 0.25) is 0 Å². The van der Waals surface area contributed by atoms with Gasteiger partial charge < -0.3 is 0 Å². The maximum absolute atomic E-state index is 9.30. The Bertz CT molecular complexity index is 854. The molecule has 0 saturated heterocycles. The number of thioether (sulfide) groups is 1. The summed E-state index contributed by atoms with van der Waals surface area (Å²) in [5, 5.41) is 10.0. The summed E-state index contributed by atoms with van der Waals surface area (Å²) in [6, 6.07) is 20.0. The average Bonchev–Trinajstić information content (AvgIpc) is 2.60. The van der Waals surface area contributed by atoms with Crippen molar-refractivity contribution < 1.29 is 0 Å². The lowest BCUT2D eigenvalue weighted by Gasteiger charge is -2.07. The fraction of sp³-hybridized carbons (Fsp3) is 0.105. The van der Waals surface area contributed by atoms with Crippen molar-refractivity contribution in [1.82, 2.24) is 9.97 Å². The van der Waals surface area contributed by atoms with E-state index in [-0.39, 0.29) is 0 Å². The Kier molecular flexibility index (Phi) is 4.70. The van der Waals surface area contributed by atoms with Gasteiger partial charge in [-0.15, -0.1) is 11.8 Å². The van der Waals surface area contributed by atoms with Crippen LogP contribution in [0, 0.1) is 18.3 Å². The molecule has 0 saturated carbocycles. The molecule has 3 nitrogen and oxygen atoms in total. The summed E-state index contributed by atoms with van der Waals surface area (Å²) in [4.78, 5) is 8.95. The molecule has 0 atom stereocenters. The lowest BCUT2D eigenvalue weighted by Crippen LogP contribution is -1.93.